The molecule has 0 radical (unpaired) electrons. The molecule has 0 saturated carbocycles. The number of aromatic amines is 1. The highest BCUT2D eigenvalue weighted by Crippen LogP contribution is 2.42. The van der Waals surface area contributed by atoms with Crippen LogP contribution >= 0.6 is 0 Å². The number of fused-ring (bicyclic) bond motifs is 2. The Hall–Kier alpha value is -2.75. The molecule has 29 heavy (non-hydrogen) atoms. The average molecular weight is 416 g/mol. The first-order valence-electron chi connectivity index (χ1n) is 9.14. The number of nitrogens with one attached hydrogen (secondary N) is 2. The molecule has 0 bridgehead atoms. The van der Waals surface area contributed by atoms with E-state index in [0.29, 0.717) is 11.1 Å². The van der Waals surface area contributed by atoms with Crippen molar-refractivity contribution in [3.8, 4) is 11.1 Å². The van der Waals surface area contributed by atoms with Gasteiger partial charge in [-0.15, -0.1) is 0 Å². The molecule has 0 spiro atoms. The largest absolute Gasteiger partial charge is 0.360 e. The molecule has 4 N–H and O–H groups in total. The van der Waals surface area contributed by atoms with E-state index >= 15 is 0 Å². The van der Waals surface area contributed by atoms with Crippen LogP contribution in [0.1, 0.15) is 18.5 Å². The highest BCUT2D eigenvalue weighted by Gasteiger charge is 2.41. The molecule has 1 aliphatic heterocycles. The second-order valence-corrected chi connectivity index (χ2v) is 8.98. The zero-order valence-electron chi connectivity index (χ0n) is 15.9. The Morgan fingerprint density at radius 3 is 2.79 bits per heavy atom. The van der Waals surface area contributed by atoms with Gasteiger partial charge in [0.2, 0.25) is 15.9 Å². The number of halogens is 1. The van der Waals surface area contributed by atoms with Crippen LogP contribution in [0.2, 0.25) is 0 Å². The maximum absolute atomic E-state index is 13.5. The molecule has 9 heteroatoms. The molecule has 0 saturated heterocycles. The predicted octanol–water partition coefficient (Wildman–Crippen LogP) is 2.11. The molecule has 2 heterocycles. The summed E-state index contributed by atoms with van der Waals surface area (Å²) in [6, 6.07) is 8.21. The Morgan fingerprint density at radius 2 is 2.07 bits per heavy atom. The van der Waals surface area contributed by atoms with E-state index in [-0.39, 0.29) is 17.3 Å². The van der Waals surface area contributed by atoms with E-state index in [4.69, 9.17) is 5.73 Å². The van der Waals surface area contributed by atoms with Gasteiger partial charge in [0.1, 0.15) is 5.82 Å². The molecule has 2 atom stereocenters. The number of likely N-dealkylation sites (N-methyl/N-ethyl adjacent to an activating group) is 1. The highest BCUT2D eigenvalue weighted by molar-refractivity contribution is 7.89. The van der Waals surface area contributed by atoms with Crippen molar-refractivity contribution in [1.82, 2.24) is 14.6 Å². The van der Waals surface area contributed by atoms with Crippen molar-refractivity contribution in [3.63, 3.8) is 0 Å². The van der Waals surface area contributed by atoms with Crippen LogP contribution in [0.15, 0.2) is 47.5 Å². The maximum atomic E-state index is 13.5. The summed E-state index contributed by atoms with van der Waals surface area (Å²) in [7, 11) is -2.29. The van der Waals surface area contributed by atoms with Crippen molar-refractivity contribution in [2.45, 2.75) is 23.9 Å². The van der Waals surface area contributed by atoms with Crippen molar-refractivity contribution in [2.75, 3.05) is 13.6 Å². The zero-order valence-corrected chi connectivity index (χ0v) is 16.8. The Kier molecular flexibility index (Phi) is 4.68. The van der Waals surface area contributed by atoms with Gasteiger partial charge in [0.25, 0.3) is 0 Å². The van der Waals surface area contributed by atoms with Crippen LogP contribution in [0, 0.1) is 5.82 Å². The number of nitrogens with two attached hydrogens (primary N) is 1. The van der Waals surface area contributed by atoms with E-state index in [0.717, 1.165) is 16.5 Å². The molecule has 0 fully saturated rings. The van der Waals surface area contributed by atoms with E-state index < -0.39 is 28.0 Å². The van der Waals surface area contributed by atoms with Crippen molar-refractivity contribution in [3.05, 3.63) is 54.0 Å². The number of aromatic nitrogens is 1. The summed E-state index contributed by atoms with van der Waals surface area (Å²) >= 11 is 0. The normalized spacial score (nSPS) is 19.2. The van der Waals surface area contributed by atoms with Crippen LogP contribution in [0.3, 0.4) is 0 Å². The van der Waals surface area contributed by atoms with Crippen LogP contribution in [0.4, 0.5) is 4.39 Å². The van der Waals surface area contributed by atoms with E-state index in [1.165, 1.54) is 23.5 Å². The monoisotopic (exact) mass is 416 g/mol. The summed E-state index contributed by atoms with van der Waals surface area (Å²) in [5.74, 6) is -0.752. The molecule has 1 amide bonds. The number of hydrogen-bond acceptors (Lipinski definition) is 4. The van der Waals surface area contributed by atoms with Crippen LogP contribution in [-0.2, 0) is 14.8 Å². The van der Waals surface area contributed by atoms with Crippen molar-refractivity contribution >= 4 is 26.8 Å². The minimum Gasteiger partial charge on any atom is -0.360 e. The number of H-pyrrole nitrogens is 1. The third-order valence-corrected chi connectivity index (χ3v) is 7.40. The first-order valence-corrected chi connectivity index (χ1v) is 10.6. The number of carbonyl (C=O) groups excluding carboxylic acids is 1. The van der Waals surface area contributed by atoms with Gasteiger partial charge in [-0.2, -0.15) is 4.31 Å². The second-order valence-electron chi connectivity index (χ2n) is 7.12. The van der Waals surface area contributed by atoms with Crippen LogP contribution in [0.25, 0.3) is 22.0 Å². The van der Waals surface area contributed by atoms with Crippen molar-refractivity contribution in [1.29, 1.82) is 0 Å². The van der Waals surface area contributed by atoms with E-state index in [2.05, 4.69) is 10.3 Å². The van der Waals surface area contributed by atoms with Gasteiger partial charge in [-0.3, -0.25) is 4.79 Å². The lowest BCUT2D eigenvalue weighted by molar-refractivity contribution is -0.122. The maximum Gasteiger partial charge on any atom is 0.244 e. The first kappa shape index (κ1) is 19.6. The molecule has 4 rings (SSSR count). The Morgan fingerprint density at radius 1 is 1.31 bits per heavy atom. The smallest absolute Gasteiger partial charge is 0.244 e. The molecule has 152 valence electrons. The average Bonchev–Trinajstić information content (AvgIpc) is 3.19. The molecule has 1 aliphatic rings. The van der Waals surface area contributed by atoms with Gasteiger partial charge >= 0.3 is 0 Å². The fourth-order valence-corrected chi connectivity index (χ4v) is 5.73. The number of nitrogens with zero attached hydrogens (tertiary/aromatic N) is 1. The molecule has 7 nitrogen and oxygen atoms in total. The lowest BCUT2D eigenvalue weighted by Gasteiger charge is -2.23. The van der Waals surface area contributed by atoms with Gasteiger partial charge in [-0.05, 0) is 48.4 Å². The third kappa shape index (κ3) is 3.11. The molecule has 2 aromatic carbocycles. The standard InChI is InChI=1S/C20H21FN4O3S/c1-11-15-7-12(16-9-24-18-8-13(21)4-5-14(16)18)3-6-19(15)29(27,28)25(11)10-17(22)20(26)23-2/h3-9,11,17,24H,10,22H2,1-2H3,(H,23,26). The predicted molar refractivity (Wildman–Crippen MR) is 108 cm³/mol. The zero-order chi connectivity index (χ0) is 20.9. The first-order chi connectivity index (χ1) is 13.7. The third-order valence-electron chi connectivity index (χ3n) is 5.39. The lowest BCUT2D eigenvalue weighted by Crippen LogP contribution is -2.47. The van der Waals surface area contributed by atoms with Crippen LogP contribution in [0.5, 0.6) is 0 Å². The van der Waals surface area contributed by atoms with Gasteiger partial charge in [-0.1, -0.05) is 6.07 Å². The van der Waals surface area contributed by atoms with Crippen molar-refractivity contribution in [2.24, 2.45) is 5.73 Å². The molecular weight excluding hydrogens is 395 g/mol. The highest BCUT2D eigenvalue weighted by atomic mass is 32.2. The molecule has 3 aromatic rings. The minimum atomic E-state index is -3.75. The fraction of sp³-hybridized carbons (Fsp3) is 0.250. The molecule has 1 aromatic heterocycles. The summed E-state index contributed by atoms with van der Waals surface area (Å²) in [5, 5.41) is 3.28. The van der Waals surface area contributed by atoms with Gasteiger partial charge in [-0.25, -0.2) is 12.8 Å². The van der Waals surface area contributed by atoms with Gasteiger partial charge in [0.15, 0.2) is 0 Å². The van der Waals surface area contributed by atoms with Gasteiger partial charge < -0.3 is 16.0 Å². The number of sulfonamides is 1. The Bertz CT molecular complexity index is 1220. The van der Waals surface area contributed by atoms with E-state index in [1.807, 2.05) is 6.07 Å². The molecular formula is C20H21FN4O3S. The van der Waals surface area contributed by atoms with E-state index in [1.54, 1.807) is 31.3 Å². The number of amides is 1. The van der Waals surface area contributed by atoms with E-state index in [9.17, 15) is 17.6 Å². The SMILES string of the molecule is CNC(=O)C(N)CN1C(C)c2cc(-c3c[nH]c4cc(F)ccc34)ccc2S1(=O)=O. The van der Waals surface area contributed by atoms with Gasteiger partial charge in [0, 0.05) is 42.3 Å². The summed E-state index contributed by atoms with van der Waals surface area (Å²) in [6.45, 7) is 1.66. The van der Waals surface area contributed by atoms with Crippen molar-refractivity contribution < 1.29 is 17.6 Å². The topological polar surface area (TPSA) is 108 Å². The minimum absolute atomic E-state index is 0.112. The van der Waals surface area contributed by atoms with Gasteiger partial charge in [0.05, 0.1) is 10.9 Å². The second kappa shape index (κ2) is 6.94. The lowest BCUT2D eigenvalue weighted by atomic mass is 9.99. The fourth-order valence-electron chi connectivity index (χ4n) is 3.82. The number of benzene rings is 2. The number of carbonyl (C=O) groups is 1. The number of rotatable bonds is 4. The quantitative estimate of drug-likeness (QED) is 0.605. The van der Waals surface area contributed by atoms with Crippen LogP contribution in [-0.4, -0.2) is 43.2 Å². The summed E-state index contributed by atoms with van der Waals surface area (Å²) in [5.41, 5.74) is 8.84. The Balaban J connectivity index is 1.74. The summed E-state index contributed by atoms with van der Waals surface area (Å²) < 4.78 is 40.7. The molecule has 0 aliphatic carbocycles. The molecule has 2 unspecified atom stereocenters. The van der Waals surface area contributed by atoms with Crippen LogP contribution < -0.4 is 11.1 Å². The Labute approximate surface area is 167 Å². The number of hydrogen-bond donors (Lipinski definition) is 3. The summed E-state index contributed by atoms with van der Waals surface area (Å²) in [6.07, 6.45) is 1.78. The summed E-state index contributed by atoms with van der Waals surface area (Å²) in [4.78, 5) is 15.0.